The Bertz CT molecular complexity index is 635. The molecular formula is C15H13Cl2NO4. The van der Waals surface area contributed by atoms with Gasteiger partial charge in [0, 0.05) is 22.2 Å². The Balaban J connectivity index is 1.73. The normalized spacial score (nSPS) is 10.3. The van der Waals surface area contributed by atoms with Crippen LogP contribution in [-0.2, 0) is 16.1 Å². The van der Waals surface area contributed by atoms with Gasteiger partial charge in [0.15, 0.2) is 5.76 Å². The number of esters is 1. The Kier molecular flexibility index (Phi) is 5.86. The van der Waals surface area contributed by atoms with E-state index in [-0.39, 0.29) is 31.2 Å². The van der Waals surface area contributed by atoms with Crippen LogP contribution in [0.15, 0.2) is 41.0 Å². The summed E-state index contributed by atoms with van der Waals surface area (Å²) in [5.74, 6) is -0.654. The number of furan rings is 1. The van der Waals surface area contributed by atoms with Crippen molar-refractivity contribution in [2.45, 2.75) is 13.0 Å². The predicted octanol–water partition coefficient (Wildman–Crippen LogP) is 3.45. The lowest BCUT2D eigenvalue weighted by atomic mass is 10.2. The second-order valence-corrected chi connectivity index (χ2v) is 5.16. The molecule has 7 heteroatoms. The summed E-state index contributed by atoms with van der Waals surface area (Å²) in [5.41, 5.74) is 0.554. The van der Waals surface area contributed by atoms with Crippen molar-refractivity contribution >= 4 is 35.1 Å². The molecule has 0 atom stereocenters. The van der Waals surface area contributed by atoms with Crippen LogP contribution in [0.3, 0.4) is 0 Å². The van der Waals surface area contributed by atoms with Crippen LogP contribution in [-0.4, -0.2) is 18.4 Å². The number of ether oxygens (including phenoxy) is 1. The lowest BCUT2D eigenvalue weighted by Gasteiger charge is -2.08. The Morgan fingerprint density at radius 2 is 1.86 bits per heavy atom. The van der Waals surface area contributed by atoms with Crippen molar-refractivity contribution in [2.24, 2.45) is 0 Å². The van der Waals surface area contributed by atoms with Crippen LogP contribution in [0.5, 0.6) is 0 Å². The maximum Gasteiger partial charge on any atom is 0.307 e. The van der Waals surface area contributed by atoms with Crippen molar-refractivity contribution in [1.82, 2.24) is 5.32 Å². The minimum absolute atomic E-state index is 0.0104. The van der Waals surface area contributed by atoms with Gasteiger partial charge >= 0.3 is 5.97 Å². The topological polar surface area (TPSA) is 68.5 Å². The molecule has 0 saturated carbocycles. The lowest BCUT2D eigenvalue weighted by Crippen LogP contribution is -2.26. The van der Waals surface area contributed by atoms with E-state index >= 15 is 0 Å². The third kappa shape index (κ3) is 4.51. The highest BCUT2D eigenvalue weighted by atomic mass is 35.5. The van der Waals surface area contributed by atoms with Crippen molar-refractivity contribution in [3.05, 3.63) is 58.0 Å². The van der Waals surface area contributed by atoms with Crippen molar-refractivity contribution in [3.63, 3.8) is 0 Å². The molecule has 1 aromatic heterocycles. The molecule has 0 saturated heterocycles. The number of halogens is 2. The molecular weight excluding hydrogens is 329 g/mol. The molecule has 116 valence electrons. The maximum absolute atomic E-state index is 11.6. The van der Waals surface area contributed by atoms with E-state index in [4.69, 9.17) is 32.4 Å². The molecule has 0 spiro atoms. The standard InChI is InChI=1S/C15H13Cl2NO4/c16-11-3-1-4-12(17)10(11)9-22-14(19)6-7-18-15(20)13-5-2-8-21-13/h1-5,8H,6-7,9H2,(H,18,20). The highest BCUT2D eigenvalue weighted by molar-refractivity contribution is 6.35. The van der Waals surface area contributed by atoms with Gasteiger partial charge in [-0.2, -0.15) is 0 Å². The lowest BCUT2D eigenvalue weighted by molar-refractivity contribution is -0.144. The fraction of sp³-hybridized carbons (Fsp3) is 0.200. The third-order valence-electron chi connectivity index (χ3n) is 2.80. The Morgan fingerprint density at radius 1 is 1.14 bits per heavy atom. The van der Waals surface area contributed by atoms with Crippen LogP contribution in [0, 0.1) is 0 Å². The zero-order chi connectivity index (χ0) is 15.9. The van der Waals surface area contributed by atoms with Gasteiger partial charge in [-0.25, -0.2) is 0 Å². The average molecular weight is 342 g/mol. The number of carbonyl (C=O) groups excluding carboxylic acids is 2. The minimum Gasteiger partial charge on any atom is -0.461 e. The van der Waals surface area contributed by atoms with Gasteiger partial charge in [-0.15, -0.1) is 0 Å². The molecule has 0 unspecified atom stereocenters. The molecule has 0 radical (unpaired) electrons. The van der Waals surface area contributed by atoms with Crippen molar-refractivity contribution < 1.29 is 18.7 Å². The summed E-state index contributed by atoms with van der Waals surface area (Å²) in [7, 11) is 0. The molecule has 5 nitrogen and oxygen atoms in total. The molecule has 1 aromatic carbocycles. The predicted molar refractivity (Wildman–Crippen MR) is 81.9 cm³/mol. The molecule has 0 aliphatic rings. The van der Waals surface area contributed by atoms with E-state index in [1.807, 2.05) is 0 Å². The maximum atomic E-state index is 11.6. The second-order valence-electron chi connectivity index (χ2n) is 4.34. The van der Waals surface area contributed by atoms with Crippen LogP contribution in [0.1, 0.15) is 22.5 Å². The first-order valence-electron chi connectivity index (χ1n) is 6.48. The van der Waals surface area contributed by atoms with Crippen LogP contribution < -0.4 is 5.32 Å². The summed E-state index contributed by atoms with van der Waals surface area (Å²) in [6.45, 7) is 0.137. The molecule has 0 aliphatic carbocycles. The number of nitrogens with one attached hydrogen (secondary N) is 1. The van der Waals surface area contributed by atoms with Crippen molar-refractivity contribution in [1.29, 1.82) is 0 Å². The quantitative estimate of drug-likeness (QED) is 0.817. The second kappa shape index (κ2) is 7.87. The van der Waals surface area contributed by atoms with Gasteiger partial charge in [0.05, 0.1) is 12.7 Å². The first kappa shape index (κ1) is 16.4. The number of benzene rings is 1. The first-order valence-corrected chi connectivity index (χ1v) is 7.23. The fourth-order valence-corrected chi connectivity index (χ4v) is 2.17. The van der Waals surface area contributed by atoms with E-state index < -0.39 is 5.97 Å². The van der Waals surface area contributed by atoms with Crippen LogP contribution in [0.2, 0.25) is 10.0 Å². The summed E-state index contributed by atoms with van der Waals surface area (Å²) in [5, 5.41) is 3.42. The summed E-state index contributed by atoms with van der Waals surface area (Å²) >= 11 is 11.9. The van der Waals surface area contributed by atoms with Crippen LogP contribution in [0.25, 0.3) is 0 Å². The minimum atomic E-state index is -0.462. The fourth-order valence-electron chi connectivity index (χ4n) is 1.67. The Morgan fingerprint density at radius 3 is 2.50 bits per heavy atom. The summed E-state index contributed by atoms with van der Waals surface area (Å²) in [6.07, 6.45) is 1.44. The molecule has 2 rings (SSSR count). The highest BCUT2D eigenvalue weighted by Crippen LogP contribution is 2.24. The van der Waals surface area contributed by atoms with E-state index in [0.29, 0.717) is 15.6 Å². The smallest absolute Gasteiger partial charge is 0.307 e. The molecule has 0 aliphatic heterocycles. The zero-order valence-corrected chi connectivity index (χ0v) is 13.0. The number of hydrogen-bond donors (Lipinski definition) is 1. The van der Waals surface area contributed by atoms with Gasteiger partial charge in [0.2, 0.25) is 0 Å². The summed E-state index contributed by atoms with van der Waals surface area (Å²) < 4.78 is 10.0. The van der Waals surface area contributed by atoms with Crippen molar-refractivity contribution in [3.8, 4) is 0 Å². The monoisotopic (exact) mass is 341 g/mol. The number of carbonyl (C=O) groups is 2. The Labute approximate surface area is 137 Å². The number of hydrogen-bond acceptors (Lipinski definition) is 4. The molecule has 0 fully saturated rings. The van der Waals surface area contributed by atoms with E-state index in [9.17, 15) is 9.59 Å². The van der Waals surface area contributed by atoms with E-state index in [1.165, 1.54) is 12.3 Å². The Hall–Kier alpha value is -1.98. The molecule has 0 bridgehead atoms. The summed E-state index contributed by atoms with van der Waals surface area (Å²) in [6, 6.07) is 8.18. The largest absolute Gasteiger partial charge is 0.461 e. The summed E-state index contributed by atoms with van der Waals surface area (Å²) in [4.78, 5) is 23.2. The van der Waals surface area contributed by atoms with Gasteiger partial charge in [0.25, 0.3) is 5.91 Å². The first-order chi connectivity index (χ1) is 10.6. The van der Waals surface area contributed by atoms with E-state index in [0.717, 1.165) is 0 Å². The zero-order valence-electron chi connectivity index (χ0n) is 11.5. The molecule has 1 N–H and O–H groups in total. The van der Waals surface area contributed by atoms with E-state index in [1.54, 1.807) is 24.3 Å². The number of rotatable bonds is 6. The van der Waals surface area contributed by atoms with Gasteiger partial charge < -0.3 is 14.5 Å². The van der Waals surface area contributed by atoms with Crippen LogP contribution in [0.4, 0.5) is 0 Å². The average Bonchev–Trinajstić information content (AvgIpc) is 3.01. The molecule has 22 heavy (non-hydrogen) atoms. The van der Waals surface area contributed by atoms with Crippen LogP contribution >= 0.6 is 23.2 Å². The van der Waals surface area contributed by atoms with Crippen molar-refractivity contribution in [2.75, 3.05) is 6.54 Å². The van der Waals surface area contributed by atoms with Gasteiger partial charge in [0.1, 0.15) is 6.61 Å². The van der Waals surface area contributed by atoms with Gasteiger partial charge in [-0.3, -0.25) is 9.59 Å². The highest BCUT2D eigenvalue weighted by Gasteiger charge is 2.11. The molecule has 1 amide bonds. The number of amides is 1. The molecule has 1 heterocycles. The van der Waals surface area contributed by atoms with Gasteiger partial charge in [-0.05, 0) is 24.3 Å². The SMILES string of the molecule is O=C(CCNC(=O)c1ccco1)OCc1c(Cl)cccc1Cl. The molecule has 2 aromatic rings. The van der Waals surface area contributed by atoms with Gasteiger partial charge in [-0.1, -0.05) is 29.3 Å². The third-order valence-corrected chi connectivity index (χ3v) is 3.51. The van der Waals surface area contributed by atoms with E-state index in [2.05, 4.69) is 5.32 Å².